The van der Waals surface area contributed by atoms with E-state index in [9.17, 15) is 4.79 Å². The largest absolute Gasteiger partial charge is 0.497 e. The summed E-state index contributed by atoms with van der Waals surface area (Å²) in [4.78, 5) is 13.0. The van der Waals surface area contributed by atoms with Crippen LogP contribution in [0.3, 0.4) is 0 Å². The van der Waals surface area contributed by atoms with Crippen LogP contribution in [-0.4, -0.2) is 34.6 Å². The predicted octanol–water partition coefficient (Wildman–Crippen LogP) is 4.29. The molecule has 2 heterocycles. The first kappa shape index (κ1) is 20.0. The molecule has 0 amide bonds. The van der Waals surface area contributed by atoms with Crippen LogP contribution in [-0.2, 0) is 20.5 Å². The second-order valence-corrected chi connectivity index (χ2v) is 9.14. The summed E-state index contributed by atoms with van der Waals surface area (Å²) in [6.45, 7) is 15.8. The van der Waals surface area contributed by atoms with E-state index in [0.717, 1.165) is 22.1 Å². The molecule has 27 heavy (non-hydrogen) atoms. The molecule has 5 nitrogen and oxygen atoms in total. The van der Waals surface area contributed by atoms with E-state index < -0.39 is 23.9 Å². The fourth-order valence-electron chi connectivity index (χ4n) is 3.41. The Morgan fingerprint density at radius 1 is 1.11 bits per heavy atom. The summed E-state index contributed by atoms with van der Waals surface area (Å²) in [7, 11) is -0.529. The summed E-state index contributed by atoms with van der Waals surface area (Å²) in [6.07, 6.45) is 0.283. The Kier molecular flexibility index (Phi) is 4.72. The molecular weight excluding hydrogens is 341 g/mol. The van der Waals surface area contributed by atoms with Crippen LogP contribution in [0, 0.1) is 0 Å². The highest BCUT2D eigenvalue weighted by molar-refractivity contribution is 6.66. The van der Waals surface area contributed by atoms with Gasteiger partial charge in [0.2, 0.25) is 0 Å². The molecular formula is C21H30BNO4. The third kappa shape index (κ3) is 3.41. The van der Waals surface area contributed by atoms with Crippen LogP contribution >= 0.6 is 0 Å². The van der Waals surface area contributed by atoms with E-state index in [1.807, 2.05) is 79.7 Å². The Labute approximate surface area is 162 Å². The number of hydrogen-bond donors (Lipinski definition) is 0. The minimum atomic E-state index is -0.571. The lowest BCUT2D eigenvalue weighted by molar-refractivity contribution is 0.00578. The maximum Gasteiger partial charge on any atom is 0.497 e. The van der Waals surface area contributed by atoms with E-state index >= 15 is 0 Å². The Morgan fingerprint density at radius 3 is 2.19 bits per heavy atom. The molecule has 2 aromatic rings. The van der Waals surface area contributed by atoms with Gasteiger partial charge in [0.25, 0.3) is 0 Å². The lowest BCUT2D eigenvalue weighted by atomic mass is 9.76. The van der Waals surface area contributed by atoms with Crippen LogP contribution in [0.1, 0.15) is 61.1 Å². The Bertz CT molecular complexity index is 860. The van der Waals surface area contributed by atoms with Crippen molar-refractivity contribution >= 4 is 29.6 Å². The fraction of sp³-hybridized carbons (Fsp3) is 0.571. The zero-order chi connectivity index (χ0) is 20.2. The summed E-state index contributed by atoms with van der Waals surface area (Å²) < 4.78 is 20.0. The van der Waals surface area contributed by atoms with Crippen LogP contribution in [0.4, 0.5) is 4.79 Å². The lowest BCUT2D eigenvalue weighted by Crippen LogP contribution is -2.41. The highest BCUT2D eigenvalue weighted by Crippen LogP contribution is 2.37. The first-order chi connectivity index (χ1) is 12.4. The number of ether oxygens (including phenoxy) is 1. The quantitative estimate of drug-likeness (QED) is 0.739. The predicted molar refractivity (Wildman–Crippen MR) is 109 cm³/mol. The van der Waals surface area contributed by atoms with Crippen molar-refractivity contribution in [3.8, 4) is 0 Å². The van der Waals surface area contributed by atoms with E-state index in [1.54, 1.807) is 4.57 Å². The Morgan fingerprint density at radius 2 is 1.67 bits per heavy atom. The van der Waals surface area contributed by atoms with Gasteiger partial charge in [0, 0.05) is 16.5 Å². The lowest BCUT2D eigenvalue weighted by Gasteiger charge is -2.32. The third-order valence-corrected chi connectivity index (χ3v) is 5.42. The zero-order valence-corrected chi connectivity index (χ0v) is 17.7. The molecule has 0 saturated carbocycles. The van der Waals surface area contributed by atoms with Crippen molar-refractivity contribution in [3.05, 3.63) is 30.0 Å². The number of nitrogens with zero attached hydrogens (tertiary/aromatic N) is 1. The van der Waals surface area contributed by atoms with Crippen LogP contribution in [0.25, 0.3) is 10.9 Å². The standard InChI is InChI=1S/C21H30BNO4/c1-9-15-17(22-26-20(5,6)21(7,8)27-22)14-12-10-11-13-16(14)23(15)18(24)25-19(2,3)4/h10-13H,9H2,1-8H3. The van der Waals surface area contributed by atoms with Crippen molar-refractivity contribution in [2.45, 2.75) is 78.6 Å². The molecule has 0 spiro atoms. The van der Waals surface area contributed by atoms with Crippen LogP contribution < -0.4 is 5.46 Å². The van der Waals surface area contributed by atoms with Gasteiger partial charge in [-0.2, -0.15) is 0 Å². The van der Waals surface area contributed by atoms with Crippen LogP contribution in [0.15, 0.2) is 24.3 Å². The van der Waals surface area contributed by atoms with Crippen molar-refractivity contribution in [1.29, 1.82) is 0 Å². The molecule has 0 unspecified atom stereocenters. The Balaban J connectivity index is 2.19. The van der Waals surface area contributed by atoms with Crippen LogP contribution in [0.5, 0.6) is 0 Å². The summed E-state index contributed by atoms with van der Waals surface area (Å²) >= 11 is 0. The smallest absolute Gasteiger partial charge is 0.443 e. The van der Waals surface area contributed by atoms with Gasteiger partial charge in [0.1, 0.15) is 5.60 Å². The summed E-state index contributed by atoms with van der Waals surface area (Å²) in [6, 6.07) is 7.84. The average molecular weight is 371 g/mol. The van der Waals surface area contributed by atoms with Gasteiger partial charge >= 0.3 is 13.2 Å². The SMILES string of the molecule is CCc1c(B2OC(C)(C)C(C)(C)O2)c2ccccc2n1C(=O)OC(C)(C)C. The van der Waals surface area contributed by atoms with Crippen molar-refractivity contribution in [3.63, 3.8) is 0 Å². The number of rotatable bonds is 2. The van der Waals surface area contributed by atoms with Gasteiger partial charge in [-0.3, -0.25) is 0 Å². The molecule has 6 heteroatoms. The molecule has 1 aromatic heterocycles. The van der Waals surface area contributed by atoms with Crippen molar-refractivity contribution in [1.82, 2.24) is 4.57 Å². The maximum atomic E-state index is 13.0. The molecule has 3 rings (SSSR count). The number of aromatic nitrogens is 1. The zero-order valence-electron chi connectivity index (χ0n) is 17.7. The van der Waals surface area contributed by atoms with Gasteiger partial charge in [0.05, 0.1) is 16.7 Å². The maximum absolute atomic E-state index is 13.0. The first-order valence-electron chi connectivity index (χ1n) is 9.59. The van der Waals surface area contributed by atoms with Gasteiger partial charge in [-0.05, 0) is 61.0 Å². The van der Waals surface area contributed by atoms with Crippen molar-refractivity contribution in [2.75, 3.05) is 0 Å². The van der Waals surface area contributed by atoms with Gasteiger partial charge in [0.15, 0.2) is 0 Å². The summed E-state index contributed by atoms with van der Waals surface area (Å²) in [5.74, 6) is 0. The molecule has 1 aliphatic heterocycles. The number of fused-ring (bicyclic) bond motifs is 1. The molecule has 0 aliphatic carbocycles. The van der Waals surface area contributed by atoms with Gasteiger partial charge in [-0.25, -0.2) is 9.36 Å². The van der Waals surface area contributed by atoms with Crippen molar-refractivity contribution in [2.24, 2.45) is 0 Å². The molecule has 0 N–H and O–H groups in total. The minimum Gasteiger partial charge on any atom is -0.443 e. The molecule has 0 atom stereocenters. The highest BCUT2D eigenvalue weighted by atomic mass is 16.7. The normalized spacial score (nSPS) is 18.9. The summed E-state index contributed by atoms with van der Waals surface area (Å²) in [5, 5.41) is 0.957. The van der Waals surface area contributed by atoms with E-state index in [0.29, 0.717) is 6.42 Å². The fourth-order valence-corrected chi connectivity index (χ4v) is 3.41. The number of carbonyl (C=O) groups is 1. The Hall–Kier alpha value is -1.79. The van der Waals surface area contributed by atoms with E-state index in [-0.39, 0.29) is 6.09 Å². The minimum absolute atomic E-state index is 0.377. The first-order valence-corrected chi connectivity index (χ1v) is 9.59. The number of hydrogen-bond acceptors (Lipinski definition) is 4. The highest BCUT2D eigenvalue weighted by Gasteiger charge is 2.53. The van der Waals surface area contributed by atoms with E-state index in [2.05, 4.69) is 0 Å². The molecule has 0 radical (unpaired) electrons. The number of para-hydroxylation sites is 1. The molecule has 1 fully saturated rings. The number of benzene rings is 1. The van der Waals surface area contributed by atoms with Gasteiger partial charge < -0.3 is 14.0 Å². The van der Waals surface area contributed by atoms with Gasteiger partial charge in [-0.15, -0.1) is 0 Å². The topological polar surface area (TPSA) is 49.7 Å². The molecule has 0 bridgehead atoms. The monoisotopic (exact) mass is 371 g/mol. The molecule has 1 saturated heterocycles. The second kappa shape index (κ2) is 6.38. The third-order valence-electron chi connectivity index (χ3n) is 5.42. The number of carbonyl (C=O) groups excluding carboxylic acids is 1. The van der Waals surface area contributed by atoms with E-state index in [1.165, 1.54) is 0 Å². The van der Waals surface area contributed by atoms with Crippen molar-refractivity contribution < 1.29 is 18.8 Å². The molecule has 146 valence electrons. The second-order valence-electron chi connectivity index (χ2n) is 9.14. The molecule has 1 aromatic carbocycles. The van der Waals surface area contributed by atoms with Crippen LogP contribution in [0.2, 0.25) is 0 Å². The summed E-state index contributed by atoms with van der Waals surface area (Å²) in [5.41, 5.74) is 1.13. The molecule has 1 aliphatic rings. The van der Waals surface area contributed by atoms with E-state index in [4.69, 9.17) is 14.0 Å². The average Bonchev–Trinajstić information content (AvgIpc) is 2.96. The van der Waals surface area contributed by atoms with Gasteiger partial charge in [-0.1, -0.05) is 25.1 Å².